The third kappa shape index (κ3) is 3.66. The fourth-order valence-electron chi connectivity index (χ4n) is 2.48. The summed E-state index contributed by atoms with van der Waals surface area (Å²) in [6.07, 6.45) is 3.96. The predicted octanol–water partition coefficient (Wildman–Crippen LogP) is 4.11. The van der Waals surface area contributed by atoms with E-state index in [1.165, 1.54) is 0 Å². The molecule has 3 rings (SSSR count). The van der Waals surface area contributed by atoms with Crippen molar-refractivity contribution in [3.63, 3.8) is 0 Å². The molecule has 2 aromatic rings. The third-order valence-electron chi connectivity index (χ3n) is 3.65. The topological polar surface area (TPSA) is 74.2 Å². The van der Waals surface area contributed by atoms with E-state index in [1.54, 1.807) is 18.2 Å². The summed E-state index contributed by atoms with van der Waals surface area (Å²) in [7, 11) is 0. The SMILES string of the molecule is Cl.NC1(c2noc(COc3ccc(Cl)cc3Cl)n2)CCCC1. The second-order valence-corrected chi connectivity index (χ2v) is 6.08. The van der Waals surface area contributed by atoms with Crippen molar-refractivity contribution in [1.82, 2.24) is 10.1 Å². The minimum Gasteiger partial charge on any atom is -0.482 e. The van der Waals surface area contributed by atoms with E-state index >= 15 is 0 Å². The average Bonchev–Trinajstić information content (AvgIpc) is 3.08. The number of aromatic nitrogens is 2. The minimum atomic E-state index is -0.459. The zero-order valence-electron chi connectivity index (χ0n) is 11.7. The van der Waals surface area contributed by atoms with Crippen LogP contribution >= 0.6 is 35.6 Å². The van der Waals surface area contributed by atoms with E-state index in [0.29, 0.717) is 27.5 Å². The van der Waals surface area contributed by atoms with E-state index in [-0.39, 0.29) is 19.0 Å². The molecule has 0 saturated heterocycles. The number of halogens is 3. The van der Waals surface area contributed by atoms with Gasteiger partial charge in [0, 0.05) is 5.02 Å². The smallest absolute Gasteiger partial charge is 0.264 e. The summed E-state index contributed by atoms with van der Waals surface area (Å²) in [5.74, 6) is 1.46. The van der Waals surface area contributed by atoms with Gasteiger partial charge in [-0.3, -0.25) is 0 Å². The second kappa shape index (κ2) is 7.04. The van der Waals surface area contributed by atoms with E-state index in [0.717, 1.165) is 25.7 Å². The van der Waals surface area contributed by atoms with E-state index in [2.05, 4.69) is 10.1 Å². The van der Waals surface area contributed by atoms with Gasteiger partial charge in [0.15, 0.2) is 12.4 Å². The third-order valence-corrected chi connectivity index (χ3v) is 4.18. The fraction of sp³-hybridized carbons (Fsp3) is 0.429. The van der Waals surface area contributed by atoms with Crippen LogP contribution in [0.4, 0.5) is 0 Å². The van der Waals surface area contributed by atoms with Crippen LogP contribution in [0.2, 0.25) is 10.0 Å². The van der Waals surface area contributed by atoms with Crippen LogP contribution in [0.1, 0.15) is 37.4 Å². The average molecular weight is 365 g/mol. The highest BCUT2D eigenvalue weighted by Crippen LogP contribution is 2.34. The van der Waals surface area contributed by atoms with Crippen molar-refractivity contribution in [2.45, 2.75) is 37.8 Å². The van der Waals surface area contributed by atoms with Gasteiger partial charge in [0.25, 0.3) is 5.89 Å². The normalized spacial score (nSPS) is 16.3. The lowest BCUT2D eigenvalue weighted by molar-refractivity contribution is 0.241. The molecule has 8 heteroatoms. The Kier molecular flexibility index (Phi) is 5.55. The summed E-state index contributed by atoms with van der Waals surface area (Å²) in [6.45, 7) is 0.143. The Balaban J connectivity index is 0.00000176. The molecule has 1 fully saturated rings. The van der Waals surface area contributed by atoms with E-state index in [4.69, 9.17) is 38.2 Å². The molecule has 0 aliphatic heterocycles. The molecule has 0 amide bonds. The lowest BCUT2D eigenvalue weighted by atomic mass is 9.99. The van der Waals surface area contributed by atoms with Gasteiger partial charge in [-0.1, -0.05) is 41.2 Å². The Labute approximate surface area is 144 Å². The number of hydrogen-bond acceptors (Lipinski definition) is 5. The number of ether oxygens (including phenoxy) is 1. The van der Waals surface area contributed by atoms with Crippen LogP contribution in [0.25, 0.3) is 0 Å². The van der Waals surface area contributed by atoms with Crippen LogP contribution in [0, 0.1) is 0 Å². The highest BCUT2D eigenvalue weighted by atomic mass is 35.5. The van der Waals surface area contributed by atoms with Crippen LogP contribution in [0.5, 0.6) is 5.75 Å². The Morgan fingerprint density at radius 2 is 2.00 bits per heavy atom. The van der Waals surface area contributed by atoms with E-state index in [9.17, 15) is 0 Å². The maximum Gasteiger partial charge on any atom is 0.264 e. The molecule has 1 aromatic carbocycles. The summed E-state index contributed by atoms with van der Waals surface area (Å²) in [4.78, 5) is 4.33. The highest BCUT2D eigenvalue weighted by Gasteiger charge is 2.35. The zero-order valence-corrected chi connectivity index (χ0v) is 14.0. The first-order chi connectivity index (χ1) is 10.1. The molecule has 120 valence electrons. The first-order valence-corrected chi connectivity index (χ1v) is 7.52. The van der Waals surface area contributed by atoms with Crippen molar-refractivity contribution < 1.29 is 9.26 Å². The van der Waals surface area contributed by atoms with Crippen molar-refractivity contribution >= 4 is 35.6 Å². The van der Waals surface area contributed by atoms with E-state index in [1.807, 2.05) is 0 Å². The standard InChI is InChI=1S/C14H15Cl2N3O2.ClH/c15-9-3-4-11(10(16)7-9)20-8-12-18-13(19-21-12)14(17)5-1-2-6-14;/h3-4,7H,1-2,5-6,8,17H2;1H. The van der Waals surface area contributed by atoms with Crippen LogP contribution < -0.4 is 10.5 Å². The van der Waals surface area contributed by atoms with Crippen molar-refractivity contribution in [3.8, 4) is 5.75 Å². The largest absolute Gasteiger partial charge is 0.482 e. The van der Waals surface area contributed by atoms with Crippen molar-refractivity contribution in [1.29, 1.82) is 0 Å². The Hall–Kier alpha value is -1.01. The highest BCUT2D eigenvalue weighted by molar-refractivity contribution is 6.35. The van der Waals surface area contributed by atoms with Crippen molar-refractivity contribution in [2.24, 2.45) is 5.73 Å². The molecule has 1 aliphatic rings. The first kappa shape index (κ1) is 17.3. The van der Waals surface area contributed by atoms with Gasteiger partial charge >= 0.3 is 0 Å². The van der Waals surface area contributed by atoms with Gasteiger partial charge in [-0.15, -0.1) is 12.4 Å². The van der Waals surface area contributed by atoms with Crippen LogP contribution in [0.3, 0.4) is 0 Å². The monoisotopic (exact) mass is 363 g/mol. The van der Waals surface area contributed by atoms with Crippen LogP contribution in [-0.2, 0) is 12.1 Å². The Morgan fingerprint density at radius 3 is 2.68 bits per heavy atom. The van der Waals surface area contributed by atoms with Crippen LogP contribution in [-0.4, -0.2) is 10.1 Å². The Bertz CT molecular complexity index is 642. The van der Waals surface area contributed by atoms with Gasteiger partial charge in [-0.05, 0) is 31.0 Å². The summed E-state index contributed by atoms with van der Waals surface area (Å²) >= 11 is 11.9. The molecule has 1 saturated carbocycles. The van der Waals surface area contributed by atoms with Crippen molar-refractivity contribution in [3.05, 3.63) is 40.0 Å². The lowest BCUT2D eigenvalue weighted by Gasteiger charge is -2.17. The molecule has 0 bridgehead atoms. The molecule has 5 nitrogen and oxygen atoms in total. The maximum absolute atomic E-state index is 6.28. The predicted molar refractivity (Wildman–Crippen MR) is 86.7 cm³/mol. The van der Waals surface area contributed by atoms with Crippen LogP contribution in [0.15, 0.2) is 22.7 Å². The van der Waals surface area contributed by atoms with Gasteiger partial charge in [-0.2, -0.15) is 4.98 Å². The molecule has 22 heavy (non-hydrogen) atoms. The molecule has 0 spiro atoms. The molecule has 1 heterocycles. The number of nitrogens with two attached hydrogens (primary N) is 1. The number of rotatable bonds is 4. The van der Waals surface area contributed by atoms with Gasteiger partial charge in [-0.25, -0.2) is 0 Å². The van der Waals surface area contributed by atoms with Crippen molar-refractivity contribution in [2.75, 3.05) is 0 Å². The molecule has 0 atom stereocenters. The zero-order chi connectivity index (χ0) is 14.9. The van der Waals surface area contributed by atoms with E-state index < -0.39 is 5.54 Å². The first-order valence-electron chi connectivity index (χ1n) is 6.77. The molecular weight excluding hydrogens is 349 g/mol. The molecule has 2 N–H and O–H groups in total. The second-order valence-electron chi connectivity index (χ2n) is 5.24. The van der Waals surface area contributed by atoms with Gasteiger partial charge < -0.3 is 15.0 Å². The molecular formula is C14H16Cl3N3O2. The van der Waals surface area contributed by atoms with Gasteiger partial charge in [0.1, 0.15) is 5.75 Å². The maximum atomic E-state index is 6.28. The molecule has 1 aliphatic carbocycles. The fourth-order valence-corrected chi connectivity index (χ4v) is 2.94. The Morgan fingerprint density at radius 1 is 1.27 bits per heavy atom. The summed E-state index contributed by atoms with van der Waals surface area (Å²) < 4.78 is 10.8. The van der Waals surface area contributed by atoms with Gasteiger partial charge in [0.2, 0.25) is 0 Å². The summed E-state index contributed by atoms with van der Waals surface area (Å²) in [6, 6.07) is 5.02. The molecule has 0 radical (unpaired) electrons. The summed E-state index contributed by atoms with van der Waals surface area (Å²) in [5.41, 5.74) is 5.82. The number of hydrogen-bond donors (Lipinski definition) is 1. The number of benzene rings is 1. The minimum absolute atomic E-state index is 0. The lowest BCUT2D eigenvalue weighted by Crippen LogP contribution is -2.34. The van der Waals surface area contributed by atoms with Gasteiger partial charge in [0.05, 0.1) is 10.6 Å². The summed E-state index contributed by atoms with van der Waals surface area (Å²) in [5, 5.41) is 4.97. The molecule has 1 aromatic heterocycles. The number of nitrogens with zero attached hydrogens (tertiary/aromatic N) is 2. The molecule has 0 unspecified atom stereocenters. The quantitative estimate of drug-likeness (QED) is 0.884.